The molecule has 4 rings (SSSR count). The average molecular weight is 690 g/mol. The van der Waals surface area contributed by atoms with Crippen LogP contribution in [-0.2, 0) is 19.1 Å². The van der Waals surface area contributed by atoms with E-state index in [1.807, 2.05) is 5.43 Å². The second kappa shape index (κ2) is 16.4. The fourth-order valence-corrected chi connectivity index (χ4v) is 4.26. The minimum atomic E-state index is -2.37. The second-order valence-electron chi connectivity index (χ2n) is 9.94. The van der Waals surface area contributed by atoms with Gasteiger partial charge in [-0.15, -0.1) is 0 Å². The number of hydrazine groups is 1. The molecule has 0 saturated heterocycles. The number of ether oxygens (including phenoxy) is 4. The number of hydrogen-bond acceptors (Lipinski definition) is 10. The topological polar surface area (TPSA) is 196 Å². The monoisotopic (exact) mass is 689 g/mol. The molecule has 4 aromatic rings. The van der Waals surface area contributed by atoms with Crippen LogP contribution in [0, 0.1) is 0 Å². The Bertz CT molecular complexity index is 1860. The summed E-state index contributed by atoms with van der Waals surface area (Å²) in [4.78, 5) is 76.9. The first-order chi connectivity index (χ1) is 23.5. The zero-order valence-corrected chi connectivity index (χ0v) is 26.6. The molecule has 15 heteroatoms. The summed E-state index contributed by atoms with van der Waals surface area (Å²) in [5.41, 5.74) is 4.59. The van der Waals surface area contributed by atoms with Gasteiger partial charge in [0.25, 0.3) is 17.7 Å². The van der Waals surface area contributed by atoms with Crippen LogP contribution in [0.2, 0.25) is 5.02 Å². The first kappa shape index (κ1) is 35.4. The number of hydrogen-bond donors (Lipinski definition) is 4. The molecule has 0 aromatic heterocycles. The third-order valence-electron chi connectivity index (χ3n) is 6.67. The Morgan fingerprint density at radius 3 is 1.61 bits per heavy atom. The van der Waals surface area contributed by atoms with Gasteiger partial charge in [-0.25, -0.2) is 14.4 Å². The lowest BCUT2D eigenvalue weighted by Crippen LogP contribution is -2.54. The summed E-state index contributed by atoms with van der Waals surface area (Å²) < 4.78 is 20.5. The fraction of sp³-hybridized carbons (Fsp3) is 0.118. The number of carbonyl (C=O) groups excluding carboxylic acids is 5. The molecule has 14 nitrogen and oxygen atoms in total. The lowest BCUT2D eigenvalue weighted by molar-refractivity contribution is -0.159. The van der Waals surface area contributed by atoms with Crippen LogP contribution in [0.15, 0.2) is 97.1 Å². The van der Waals surface area contributed by atoms with Crippen molar-refractivity contribution < 1.29 is 52.8 Å². The summed E-state index contributed by atoms with van der Waals surface area (Å²) in [6.45, 7) is 0. The SMILES string of the molecule is COc1cccc(C(=O)O[C@H](C(=O)O)[C@@H](OC(=O)c2cccc(OC)c2)C(=O)NNC(=O)c2ccc(NC(=O)c3ccc(Cl)cc3)cc2)c1. The lowest BCUT2D eigenvalue weighted by atomic mass is 10.1. The number of carboxylic acids is 1. The molecule has 0 spiro atoms. The van der Waals surface area contributed by atoms with Gasteiger partial charge < -0.3 is 29.4 Å². The number of amides is 3. The van der Waals surface area contributed by atoms with Crippen molar-refractivity contribution in [3.05, 3.63) is 124 Å². The van der Waals surface area contributed by atoms with Gasteiger partial charge in [0.05, 0.1) is 25.3 Å². The molecule has 4 N–H and O–H groups in total. The molecule has 0 radical (unpaired) electrons. The van der Waals surface area contributed by atoms with E-state index in [4.69, 9.17) is 30.5 Å². The highest BCUT2D eigenvalue weighted by atomic mass is 35.5. The van der Waals surface area contributed by atoms with Crippen molar-refractivity contribution in [1.82, 2.24) is 10.9 Å². The van der Waals surface area contributed by atoms with Crippen molar-refractivity contribution in [3.8, 4) is 11.5 Å². The van der Waals surface area contributed by atoms with E-state index in [0.29, 0.717) is 16.3 Å². The van der Waals surface area contributed by atoms with E-state index in [0.717, 1.165) is 0 Å². The fourth-order valence-electron chi connectivity index (χ4n) is 4.13. The summed E-state index contributed by atoms with van der Waals surface area (Å²) in [5.74, 6) is -6.27. The third kappa shape index (κ3) is 9.56. The number of benzene rings is 4. The quantitative estimate of drug-likeness (QED) is 0.124. The van der Waals surface area contributed by atoms with Gasteiger partial charge in [0, 0.05) is 21.8 Å². The Kier molecular flexibility index (Phi) is 11.9. The molecule has 4 aromatic carbocycles. The van der Waals surface area contributed by atoms with Crippen LogP contribution >= 0.6 is 11.6 Å². The highest BCUT2D eigenvalue weighted by Gasteiger charge is 2.41. The van der Waals surface area contributed by atoms with Crippen LogP contribution in [0.3, 0.4) is 0 Å². The van der Waals surface area contributed by atoms with Crippen LogP contribution in [0.4, 0.5) is 5.69 Å². The molecule has 0 unspecified atom stereocenters. The van der Waals surface area contributed by atoms with Gasteiger partial charge >= 0.3 is 17.9 Å². The number of rotatable bonds is 12. The Labute approximate surface area is 283 Å². The number of halogens is 1. The smallest absolute Gasteiger partial charge is 0.349 e. The zero-order valence-electron chi connectivity index (χ0n) is 25.8. The van der Waals surface area contributed by atoms with Crippen LogP contribution in [0.25, 0.3) is 0 Å². The normalized spacial score (nSPS) is 11.6. The van der Waals surface area contributed by atoms with E-state index in [2.05, 4.69) is 10.7 Å². The van der Waals surface area contributed by atoms with Gasteiger partial charge in [-0.2, -0.15) is 0 Å². The van der Waals surface area contributed by atoms with Crippen molar-refractivity contribution in [1.29, 1.82) is 0 Å². The number of nitrogens with one attached hydrogen (secondary N) is 3. The molecule has 0 heterocycles. The van der Waals surface area contributed by atoms with E-state index in [1.54, 1.807) is 12.1 Å². The van der Waals surface area contributed by atoms with Crippen molar-refractivity contribution in [2.24, 2.45) is 0 Å². The maximum Gasteiger partial charge on any atom is 0.349 e. The number of carboxylic acid groups (broad SMARTS) is 1. The summed E-state index contributed by atoms with van der Waals surface area (Å²) in [7, 11) is 2.71. The van der Waals surface area contributed by atoms with E-state index in [-0.39, 0.29) is 28.2 Å². The minimum Gasteiger partial charge on any atom is -0.497 e. The van der Waals surface area contributed by atoms with Gasteiger partial charge in [0.15, 0.2) is 0 Å². The Balaban J connectivity index is 1.49. The lowest BCUT2D eigenvalue weighted by Gasteiger charge is -2.23. The molecule has 0 bridgehead atoms. The molecular weight excluding hydrogens is 662 g/mol. The standard InChI is InChI=1S/C34H28ClN3O11/c1-46-25-7-3-5-21(17-25)33(44)48-27(28(32(42)43)49-34(45)22-6-4-8-26(18-22)47-2)31(41)38-37-30(40)20-11-15-24(16-12-20)36-29(39)19-9-13-23(35)14-10-19/h3-18,27-28H,1-2H3,(H,36,39)(H,37,40)(H,38,41)(H,42,43)/t27-,28+/m1/s1. The van der Waals surface area contributed by atoms with Crippen LogP contribution < -0.4 is 25.6 Å². The molecule has 0 fully saturated rings. The first-order valence-corrected chi connectivity index (χ1v) is 14.6. The molecule has 3 amide bonds. The maximum absolute atomic E-state index is 13.3. The number of carbonyl (C=O) groups is 6. The van der Waals surface area contributed by atoms with Gasteiger partial charge in [0.2, 0.25) is 12.2 Å². The molecule has 49 heavy (non-hydrogen) atoms. The zero-order chi connectivity index (χ0) is 35.5. The van der Waals surface area contributed by atoms with Crippen molar-refractivity contribution >= 4 is 52.9 Å². The van der Waals surface area contributed by atoms with Crippen molar-refractivity contribution in [2.75, 3.05) is 19.5 Å². The van der Waals surface area contributed by atoms with E-state index < -0.39 is 47.8 Å². The maximum atomic E-state index is 13.3. The largest absolute Gasteiger partial charge is 0.497 e. The Morgan fingerprint density at radius 1 is 0.612 bits per heavy atom. The van der Waals surface area contributed by atoms with Crippen molar-refractivity contribution in [2.45, 2.75) is 12.2 Å². The number of esters is 2. The van der Waals surface area contributed by atoms with Crippen LogP contribution in [0.5, 0.6) is 11.5 Å². The van der Waals surface area contributed by atoms with Crippen LogP contribution in [-0.4, -0.2) is 67.2 Å². The second-order valence-corrected chi connectivity index (χ2v) is 10.4. The molecule has 0 aliphatic heterocycles. The predicted octanol–water partition coefficient (Wildman–Crippen LogP) is 3.91. The number of anilines is 1. The van der Waals surface area contributed by atoms with Crippen LogP contribution in [0.1, 0.15) is 41.4 Å². The molecule has 0 aliphatic rings. The highest BCUT2D eigenvalue weighted by molar-refractivity contribution is 6.30. The summed E-state index contributed by atoms with van der Waals surface area (Å²) in [6, 6.07) is 22.9. The summed E-state index contributed by atoms with van der Waals surface area (Å²) >= 11 is 5.85. The summed E-state index contributed by atoms with van der Waals surface area (Å²) in [5, 5.41) is 13.1. The Hall–Kier alpha value is -6.41. The van der Waals surface area contributed by atoms with Gasteiger partial charge in [-0.1, -0.05) is 23.7 Å². The molecule has 0 aliphatic carbocycles. The van der Waals surface area contributed by atoms with E-state index in [9.17, 15) is 33.9 Å². The van der Waals surface area contributed by atoms with Gasteiger partial charge in [-0.05, 0) is 84.9 Å². The molecule has 0 saturated carbocycles. The molecule has 2 atom stereocenters. The molecule has 252 valence electrons. The predicted molar refractivity (Wildman–Crippen MR) is 173 cm³/mol. The summed E-state index contributed by atoms with van der Waals surface area (Å²) in [6.07, 6.45) is -4.66. The third-order valence-corrected chi connectivity index (χ3v) is 6.92. The average Bonchev–Trinajstić information content (AvgIpc) is 3.12. The van der Waals surface area contributed by atoms with Crippen molar-refractivity contribution in [3.63, 3.8) is 0 Å². The van der Waals surface area contributed by atoms with E-state index in [1.165, 1.54) is 99.1 Å². The van der Waals surface area contributed by atoms with Gasteiger partial charge in [0.1, 0.15) is 11.5 Å². The Morgan fingerprint density at radius 2 is 1.10 bits per heavy atom. The van der Waals surface area contributed by atoms with E-state index >= 15 is 0 Å². The highest BCUT2D eigenvalue weighted by Crippen LogP contribution is 2.19. The molecular formula is C34H28ClN3O11. The number of methoxy groups -OCH3 is 2. The first-order valence-electron chi connectivity index (χ1n) is 14.2. The van der Waals surface area contributed by atoms with Gasteiger partial charge in [-0.3, -0.25) is 25.2 Å². The number of aliphatic carboxylic acids is 1. The minimum absolute atomic E-state index is 0.0222.